The molecule has 0 radical (unpaired) electrons. The van der Waals surface area contributed by atoms with E-state index in [1.165, 1.54) is 17.3 Å². The number of hydrogen-bond donors (Lipinski definition) is 1. The summed E-state index contributed by atoms with van der Waals surface area (Å²) in [6.45, 7) is 5.59. The van der Waals surface area contributed by atoms with Crippen molar-refractivity contribution in [1.82, 2.24) is 14.9 Å². The number of nitrogens with zero attached hydrogens (tertiary/aromatic N) is 2. The van der Waals surface area contributed by atoms with Crippen LogP contribution < -0.4 is 5.32 Å². The average molecular weight is 285 g/mol. The van der Waals surface area contributed by atoms with E-state index in [1.54, 1.807) is 0 Å². The summed E-state index contributed by atoms with van der Waals surface area (Å²) in [4.78, 5) is 4.46. The van der Waals surface area contributed by atoms with Crippen LogP contribution in [0.25, 0.3) is 0 Å². The van der Waals surface area contributed by atoms with E-state index in [0.29, 0.717) is 11.3 Å². The van der Waals surface area contributed by atoms with E-state index in [4.69, 9.17) is 0 Å². The first-order valence-electron chi connectivity index (χ1n) is 6.65. The van der Waals surface area contributed by atoms with Crippen LogP contribution in [-0.2, 0) is 13.5 Å². The van der Waals surface area contributed by atoms with Gasteiger partial charge in [-0.25, -0.2) is 4.98 Å². The standard InChI is InChI=1S/C13H23N3S2/c1-4-14-11(9-12-15-5-6-16(12)3)13-10(2)17-7-8-18-13/h5-6,10-11,13-14H,4,7-9H2,1-3H3. The number of nitrogens with one attached hydrogen (secondary N) is 1. The maximum Gasteiger partial charge on any atom is 0.109 e. The first-order valence-corrected chi connectivity index (χ1v) is 8.75. The molecular formula is C13H23N3S2. The number of imidazole rings is 1. The van der Waals surface area contributed by atoms with Gasteiger partial charge in [-0.15, -0.1) is 0 Å². The minimum absolute atomic E-state index is 0.531. The van der Waals surface area contributed by atoms with Crippen molar-refractivity contribution in [2.75, 3.05) is 18.1 Å². The van der Waals surface area contributed by atoms with Crippen LogP contribution in [0.4, 0.5) is 0 Å². The molecule has 1 N–H and O–H groups in total. The van der Waals surface area contributed by atoms with Crippen molar-refractivity contribution in [2.24, 2.45) is 7.05 Å². The Labute approximate surface area is 119 Å². The summed E-state index contributed by atoms with van der Waals surface area (Å²) < 4.78 is 2.13. The van der Waals surface area contributed by atoms with E-state index < -0.39 is 0 Å². The van der Waals surface area contributed by atoms with Crippen LogP contribution in [-0.4, -0.2) is 44.1 Å². The second kappa shape index (κ2) is 6.87. The van der Waals surface area contributed by atoms with Gasteiger partial charge in [0.1, 0.15) is 5.82 Å². The second-order valence-corrected chi connectivity index (χ2v) is 7.51. The fourth-order valence-electron chi connectivity index (χ4n) is 2.45. The van der Waals surface area contributed by atoms with Crippen LogP contribution in [0.3, 0.4) is 0 Å². The molecule has 1 aromatic rings. The van der Waals surface area contributed by atoms with E-state index in [2.05, 4.69) is 59.3 Å². The van der Waals surface area contributed by atoms with Crippen LogP contribution in [0.2, 0.25) is 0 Å². The fourth-order valence-corrected chi connectivity index (χ4v) is 5.41. The molecule has 18 heavy (non-hydrogen) atoms. The number of likely N-dealkylation sites (N-methyl/N-ethyl adjacent to an activating group) is 1. The third kappa shape index (κ3) is 3.45. The number of hydrogen-bond acceptors (Lipinski definition) is 4. The molecule has 2 rings (SSSR count). The van der Waals surface area contributed by atoms with Gasteiger partial charge in [-0.1, -0.05) is 13.8 Å². The molecule has 1 fully saturated rings. The molecule has 2 heterocycles. The first-order chi connectivity index (χ1) is 8.72. The molecule has 1 saturated heterocycles. The van der Waals surface area contributed by atoms with Crippen molar-refractivity contribution < 1.29 is 0 Å². The lowest BCUT2D eigenvalue weighted by Crippen LogP contribution is -2.46. The lowest BCUT2D eigenvalue weighted by molar-refractivity contribution is 0.486. The molecule has 5 heteroatoms. The summed E-state index contributed by atoms with van der Waals surface area (Å²) in [6.07, 6.45) is 4.95. The number of thioether (sulfide) groups is 2. The molecule has 1 aliphatic heterocycles. The van der Waals surface area contributed by atoms with E-state index in [-0.39, 0.29) is 0 Å². The number of rotatable bonds is 5. The second-order valence-electron chi connectivity index (χ2n) is 4.73. The molecule has 1 aliphatic rings. The van der Waals surface area contributed by atoms with Gasteiger partial charge in [-0.2, -0.15) is 23.5 Å². The van der Waals surface area contributed by atoms with E-state index >= 15 is 0 Å². The Morgan fingerprint density at radius 2 is 2.28 bits per heavy atom. The number of aryl methyl sites for hydroxylation is 1. The Kier molecular flexibility index (Phi) is 5.45. The monoisotopic (exact) mass is 285 g/mol. The minimum Gasteiger partial charge on any atom is -0.338 e. The van der Waals surface area contributed by atoms with Crippen molar-refractivity contribution in [3.63, 3.8) is 0 Å². The molecule has 1 aromatic heterocycles. The van der Waals surface area contributed by atoms with Crippen LogP contribution in [0, 0.1) is 0 Å². The molecule has 0 bridgehead atoms. The average Bonchev–Trinajstić information content (AvgIpc) is 2.75. The van der Waals surface area contributed by atoms with Gasteiger partial charge in [-0.3, -0.25) is 0 Å². The van der Waals surface area contributed by atoms with Gasteiger partial charge in [0.15, 0.2) is 0 Å². The van der Waals surface area contributed by atoms with Crippen LogP contribution in [0.1, 0.15) is 19.7 Å². The van der Waals surface area contributed by atoms with Crippen molar-refractivity contribution >= 4 is 23.5 Å². The lowest BCUT2D eigenvalue weighted by atomic mass is 10.1. The molecule has 0 aliphatic carbocycles. The van der Waals surface area contributed by atoms with Gasteiger partial charge >= 0.3 is 0 Å². The zero-order valence-corrected chi connectivity index (χ0v) is 13.1. The van der Waals surface area contributed by atoms with Gasteiger partial charge in [-0.05, 0) is 6.54 Å². The summed E-state index contributed by atoms with van der Waals surface area (Å²) >= 11 is 4.24. The van der Waals surface area contributed by atoms with Gasteiger partial charge in [0.2, 0.25) is 0 Å². The first kappa shape index (κ1) is 14.3. The maximum absolute atomic E-state index is 4.46. The molecule has 3 unspecified atom stereocenters. The highest BCUT2D eigenvalue weighted by molar-refractivity contribution is 8.07. The van der Waals surface area contributed by atoms with Crippen molar-refractivity contribution in [1.29, 1.82) is 0 Å². The van der Waals surface area contributed by atoms with E-state index in [1.807, 2.05) is 12.4 Å². The SMILES string of the molecule is CCNC(Cc1nccn1C)C1SCCSC1C. The molecule has 0 amide bonds. The Hall–Kier alpha value is -0.130. The Morgan fingerprint density at radius 3 is 2.89 bits per heavy atom. The predicted octanol–water partition coefficient (Wildman–Crippen LogP) is 2.18. The smallest absolute Gasteiger partial charge is 0.109 e. The summed E-state index contributed by atoms with van der Waals surface area (Å²) in [5, 5.41) is 5.09. The Morgan fingerprint density at radius 1 is 1.50 bits per heavy atom. The summed E-state index contributed by atoms with van der Waals surface area (Å²) in [7, 11) is 2.08. The highest BCUT2D eigenvalue weighted by Gasteiger charge is 2.30. The molecule has 3 nitrogen and oxygen atoms in total. The Bertz CT molecular complexity index is 367. The van der Waals surface area contributed by atoms with Gasteiger partial charge in [0.25, 0.3) is 0 Å². The highest BCUT2D eigenvalue weighted by atomic mass is 32.2. The fraction of sp³-hybridized carbons (Fsp3) is 0.769. The maximum atomic E-state index is 4.46. The molecule has 102 valence electrons. The molecule has 0 saturated carbocycles. The predicted molar refractivity (Wildman–Crippen MR) is 82.5 cm³/mol. The summed E-state index contributed by atoms with van der Waals surface area (Å²) in [5.74, 6) is 3.76. The number of aromatic nitrogens is 2. The highest BCUT2D eigenvalue weighted by Crippen LogP contribution is 2.33. The van der Waals surface area contributed by atoms with Gasteiger partial charge < -0.3 is 9.88 Å². The van der Waals surface area contributed by atoms with Crippen molar-refractivity contribution in [2.45, 2.75) is 36.8 Å². The third-order valence-corrected chi connectivity index (χ3v) is 6.67. The van der Waals surface area contributed by atoms with Gasteiger partial charge in [0.05, 0.1) is 0 Å². The van der Waals surface area contributed by atoms with Gasteiger partial charge in [0, 0.05) is 53.9 Å². The van der Waals surface area contributed by atoms with E-state index in [0.717, 1.165) is 18.2 Å². The molecule has 0 spiro atoms. The van der Waals surface area contributed by atoms with Crippen molar-refractivity contribution in [3.05, 3.63) is 18.2 Å². The minimum atomic E-state index is 0.531. The molecular weight excluding hydrogens is 262 g/mol. The summed E-state index contributed by atoms with van der Waals surface area (Å²) in [5.41, 5.74) is 0. The largest absolute Gasteiger partial charge is 0.338 e. The van der Waals surface area contributed by atoms with Crippen LogP contribution in [0.15, 0.2) is 12.4 Å². The third-order valence-electron chi connectivity index (χ3n) is 3.42. The lowest BCUT2D eigenvalue weighted by Gasteiger charge is -2.34. The zero-order valence-electron chi connectivity index (χ0n) is 11.4. The quantitative estimate of drug-likeness (QED) is 0.898. The van der Waals surface area contributed by atoms with Crippen LogP contribution >= 0.6 is 23.5 Å². The van der Waals surface area contributed by atoms with Crippen LogP contribution in [0.5, 0.6) is 0 Å². The molecule has 3 atom stereocenters. The zero-order chi connectivity index (χ0) is 13.0. The Balaban J connectivity index is 2.05. The van der Waals surface area contributed by atoms with Crippen molar-refractivity contribution in [3.8, 4) is 0 Å². The topological polar surface area (TPSA) is 29.9 Å². The molecule has 0 aromatic carbocycles. The summed E-state index contributed by atoms with van der Waals surface area (Å²) in [6, 6.07) is 0.531. The van der Waals surface area contributed by atoms with E-state index in [9.17, 15) is 0 Å². The normalized spacial score (nSPS) is 26.2.